The highest BCUT2D eigenvalue weighted by atomic mass is 19.4. The van der Waals surface area contributed by atoms with Gasteiger partial charge < -0.3 is 20.0 Å². The van der Waals surface area contributed by atoms with Crippen molar-refractivity contribution in [3.05, 3.63) is 30.1 Å². The van der Waals surface area contributed by atoms with Gasteiger partial charge in [0.05, 0.1) is 6.42 Å². The number of aromatic nitrogens is 1. The van der Waals surface area contributed by atoms with Crippen molar-refractivity contribution in [2.45, 2.75) is 50.5 Å². The first-order chi connectivity index (χ1) is 16.0. The molecule has 198 valence electrons. The Morgan fingerprint density at radius 3 is 1.80 bits per heavy atom. The van der Waals surface area contributed by atoms with Crippen LogP contribution in [0.15, 0.2) is 24.4 Å². The number of amides is 1. The van der Waals surface area contributed by atoms with E-state index >= 15 is 0 Å². The highest BCUT2D eigenvalue weighted by molar-refractivity contribution is 5.78. The van der Waals surface area contributed by atoms with E-state index in [1.165, 1.54) is 25.7 Å². The summed E-state index contributed by atoms with van der Waals surface area (Å²) in [4.78, 5) is 38.7. The normalized spacial score (nSPS) is 17.5. The molecule has 8 nitrogen and oxygen atoms in total. The quantitative estimate of drug-likeness (QED) is 0.595. The number of halogens is 6. The van der Waals surface area contributed by atoms with Gasteiger partial charge >= 0.3 is 24.3 Å². The van der Waals surface area contributed by atoms with Gasteiger partial charge in [0.1, 0.15) is 0 Å². The predicted molar refractivity (Wildman–Crippen MR) is 110 cm³/mol. The molecule has 0 unspecified atom stereocenters. The summed E-state index contributed by atoms with van der Waals surface area (Å²) < 4.78 is 63.5. The largest absolute Gasteiger partial charge is 0.490 e. The van der Waals surface area contributed by atoms with Crippen molar-refractivity contribution in [3.8, 4) is 0 Å². The number of carbonyl (C=O) groups is 3. The van der Waals surface area contributed by atoms with E-state index in [-0.39, 0.29) is 5.91 Å². The van der Waals surface area contributed by atoms with Crippen LogP contribution in [0.5, 0.6) is 0 Å². The molecule has 1 amide bonds. The maximum atomic E-state index is 12.3. The summed E-state index contributed by atoms with van der Waals surface area (Å²) in [5.41, 5.74) is 1.40. The third-order valence-electron chi connectivity index (χ3n) is 5.79. The lowest BCUT2D eigenvalue weighted by molar-refractivity contribution is -0.193. The molecule has 1 spiro atoms. The lowest BCUT2D eigenvalue weighted by Gasteiger charge is -2.54. The molecule has 0 aromatic carbocycles. The number of carboxylic acids is 2. The van der Waals surface area contributed by atoms with Crippen LogP contribution in [0.1, 0.15) is 31.4 Å². The lowest BCUT2D eigenvalue weighted by Crippen LogP contribution is -2.54. The van der Waals surface area contributed by atoms with Gasteiger partial charge in [0, 0.05) is 31.0 Å². The molecule has 1 saturated heterocycles. The summed E-state index contributed by atoms with van der Waals surface area (Å²) in [6, 6.07) is 6.50. The second kappa shape index (κ2) is 12.2. The van der Waals surface area contributed by atoms with Crippen molar-refractivity contribution >= 4 is 17.8 Å². The van der Waals surface area contributed by atoms with Gasteiger partial charge in [-0.15, -0.1) is 0 Å². The van der Waals surface area contributed by atoms with Crippen molar-refractivity contribution in [2.75, 3.05) is 27.2 Å². The fraction of sp³-hybridized carbons (Fsp3) is 0.619. The molecule has 1 aliphatic carbocycles. The van der Waals surface area contributed by atoms with E-state index in [2.05, 4.69) is 24.0 Å². The molecule has 14 heteroatoms. The zero-order valence-corrected chi connectivity index (χ0v) is 19.1. The average Bonchev–Trinajstić information content (AvgIpc) is 2.72. The third kappa shape index (κ3) is 10.1. The van der Waals surface area contributed by atoms with E-state index < -0.39 is 24.3 Å². The maximum Gasteiger partial charge on any atom is 0.490 e. The Kier molecular flexibility index (Phi) is 10.5. The third-order valence-corrected chi connectivity index (χ3v) is 5.79. The molecule has 35 heavy (non-hydrogen) atoms. The molecule has 1 aromatic heterocycles. The van der Waals surface area contributed by atoms with Gasteiger partial charge in [0.15, 0.2) is 0 Å². The van der Waals surface area contributed by atoms with Crippen LogP contribution in [0, 0.1) is 5.41 Å². The van der Waals surface area contributed by atoms with Crippen molar-refractivity contribution < 1.29 is 50.9 Å². The lowest BCUT2D eigenvalue weighted by atomic mass is 9.60. The molecule has 0 atom stereocenters. The summed E-state index contributed by atoms with van der Waals surface area (Å²) in [5, 5.41) is 14.2. The molecule has 0 radical (unpaired) electrons. The molecular formula is C21H27F6N3O5. The van der Waals surface area contributed by atoms with Gasteiger partial charge in [-0.2, -0.15) is 26.3 Å². The van der Waals surface area contributed by atoms with Crippen LogP contribution >= 0.6 is 0 Å². The monoisotopic (exact) mass is 515 g/mol. The Morgan fingerprint density at radius 2 is 1.46 bits per heavy atom. The van der Waals surface area contributed by atoms with Crippen LogP contribution in [0.3, 0.4) is 0 Å². The molecule has 2 heterocycles. The second-order valence-electron chi connectivity index (χ2n) is 8.51. The number of rotatable bonds is 3. The SMILES string of the molecule is CN(C)C1CC2(CCN(C(=O)Cc3ccccn3)CC2)C1.O=C(O)C(F)(F)F.O=C(O)C(F)(F)F. The summed E-state index contributed by atoms with van der Waals surface area (Å²) in [5.74, 6) is -5.29. The van der Waals surface area contributed by atoms with Crippen LogP contribution in [0.25, 0.3) is 0 Å². The van der Waals surface area contributed by atoms with Gasteiger partial charge in [0.25, 0.3) is 0 Å². The first-order valence-electron chi connectivity index (χ1n) is 10.4. The van der Waals surface area contributed by atoms with E-state index in [0.717, 1.165) is 24.8 Å². The number of hydrogen-bond acceptors (Lipinski definition) is 5. The van der Waals surface area contributed by atoms with Crippen molar-refractivity contribution in [3.63, 3.8) is 0 Å². The molecule has 2 fully saturated rings. The topological polar surface area (TPSA) is 111 Å². The second-order valence-corrected chi connectivity index (χ2v) is 8.51. The average molecular weight is 515 g/mol. The van der Waals surface area contributed by atoms with Gasteiger partial charge in [-0.05, 0) is 57.3 Å². The Labute approximate surface area is 197 Å². The van der Waals surface area contributed by atoms with Crippen molar-refractivity contribution in [1.82, 2.24) is 14.8 Å². The number of likely N-dealkylation sites (tertiary alicyclic amines) is 1. The van der Waals surface area contributed by atoms with E-state index in [9.17, 15) is 31.1 Å². The Bertz CT molecular complexity index is 821. The number of piperidine rings is 1. The van der Waals surface area contributed by atoms with Gasteiger partial charge in [-0.3, -0.25) is 9.78 Å². The number of carboxylic acid groups (broad SMARTS) is 2. The van der Waals surface area contributed by atoms with E-state index in [1.54, 1.807) is 6.20 Å². The van der Waals surface area contributed by atoms with Gasteiger partial charge in [-0.1, -0.05) is 6.07 Å². The van der Waals surface area contributed by atoms with Crippen molar-refractivity contribution in [2.24, 2.45) is 5.41 Å². The number of nitrogens with zero attached hydrogens (tertiary/aromatic N) is 3. The summed E-state index contributed by atoms with van der Waals surface area (Å²) >= 11 is 0. The minimum absolute atomic E-state index is 0.229. The van der Waals surface area contributed by atoms with Crippen LogP contribution in [0.4, 0.5) is 26.3 Å². The Hall–Kier alpha value is -2.90. The molecule has 1 aliphatic heterocycles. The molecule has 1 aromatic rings. The summed E-state index contributed by atoms with van der Waals surface area (Å²) in [6.45, 7) is 1.84. The number of alkyl halides is 6. The van der Waals surface area contributed by atoms with Crippen LogP contribution in [-0.4, -0.2) is 88.4 Å². The minimum atomic E-state index is -5.08. The fourth-order valence-corrected chi connectivity index (χ4v) is 3.71. The molecular weight excluding hydrogens is 488 g/mol. The van der Waals surface area contributed by atoms with Gasteiger partial charge in [0.2, 0.25) is 5.91 Å². The highest BCUT2D eigenvalue weighted by Crippen LogP contribution is 2.50. The number of hydrogen-bond donors (Lipinski definition) is 2. The standard InChI is InChI=1S/C17H25N3O.2C2HF3O2/c1-19(2)15-12-17(13-15)6-9-20(10-7-17)16(21)11-14-5-3-4-8-18-14;2*3-2(4,5)1(6)7/h3-5,8,15H,6-7,9-13H2,1-2H3;2*(H,6,7). The zero-order chi connectivity index (χ0) is 27.0. The van der Waals surface area contributed by atoms with E-state index in [4.69, 9.17) is 19.8 Å². The van der Waals surface area contributed by atoms with Gasteiger partial charge in [-0.25, -0.2) is 9.59 Å². The van der Waals surface area contributed by atoms with Crippen molar-refractivity contribution in [1.29, 1.82) is 0 Å². The maximum absolute atomic E-state index is 12.3. The summed E-state index contributed by atoms with van der Waals surface area (Å²) in [6.07, 6.45) is -3.02. The molecule has 0 bridgehead atoms. The molecule has 1 saturated carbocycles. The zero-order valence-electron chi connectivity index (χ0n) is 19.1. The van der Waals surface area contributed by atoms with E-state index in [0.29, 0.717) is 11.8 Å². The van der Waals surface area contributed by atoms with Crippen LogP contribution in [-0.2, 0) is 20.8 Å². The molecule has 3 rings (SSSR count). The summed E-state index contributed by atoms with van der Waals surface area (Å²) in [7, 11) is 4.34. The Morgan fingerprint density at radius 1 is 1.00 bits per heavy atom. The number of aliphatic carboxylic acids is 2. The minimum Gasteiger partial charge on any atom is -0.475 e. The first-order valence-corrected chi connectivity index (χ1v) is 10.4. The number of pyridine rings is 1. The molecule has 2 aliphatic rings. The van der Waals surface area contributed by atoms with E-state index in [1.807, 2.05) is 23.1 Å². The van der Waals surface area contributed by atoms with Crippen LogP contribution < -0.4 is 0 Å². The fourth-order valence-electron chi connectivity index (χ4n) is 3.71. The smallest absolute Gasteiger partial charge is 0.475 e. The molecule has 2 N–H and O–H groups in total. The van der Waals surface area contributed by atoms with Crippen LogP contribution in [0.2, 0.25) is 0 Å². The highest BCUT2D eigenvalue weighted by Gasteiger charge is 2.46. The first kappa shape index (κ1) is 30.1. The predicted octanol–water partition coefficient (Wildman–Crippen LogP) is 3.22. The number of carbonyl (C=O) groups excluding carboxylic acids is 1. The Balaban J connectivity index is 0.000000362.